The van der Waals surface area contributed by atoms with Crippen molar-refractivity contribution in [2.24, 2.45) is 5.73 Å². The monoisotopic (exact) mass is 291 g/mol. The molecule has 1 aliphatic rings. The van der Waals surface area contributed by atoms with E-state index in [1.807, 2.05) is 11.0 Å². The first kappa shape index (κ1) is 15.8. The maximum absolute atomic E-state index is 12.3. The average Bonchev–Trinajstić information content (AvgIpc) is 2.49. The highest BCUT2D eigenvalue weighted by Crippen LogP contribution is 2.14. The van der Waals surface area contributed by atoms with E-state index in [2.05, 4.69) is 11.8 Å². The number of piperazine rings is 1. The molecule has 0 saturated carbocycles. The second kappa shape index (κ2) is 7.43. The van der Waals surface area contributed by atoms with Crippen molar-refractivity contribution >= 4 is 5.91 Å². The van der Waals surface area contributed by atoms with E-state index in [-0.39, 0.29) is 11.7 Å². The molecule has 1 unspecified atom stereocenters. The molecule has 0 aliphatic carbocycles. The highest BCUT2D eigenvalue weighted by molar-refractivity contribution is 5.79. The van der Waals surface area contributed by atoms with E-state index in [1.54, 1.807) is 18.2 Å². The van der Waals surface area contributed by atoms with Gasteiger partial charge in [-0.25, -0.2) is 0 Å². The molecule has 2 rings (SSSR count). The number of phenolic OH excluding ortho intramolecular Hbond substituents is 1. The lowest BCUT2D eigenvalue weighted by molar-refractivity contribution is -0.132. The van der Waals surface area contributed by atoms with Crippen LogP contribution in [0.1, 0.15) is 18.9 Å². The van der Waals surface area contributed by atoms with Gasteiger partial charge in [0.15, 0.2) is 0 Å². The first-order valence-corrected chi connectivity index (χ1v) is 7.63. The summed E-state index contributed by atoms with van der Waals surface area (Å²) in [5, 5.41) is 9.44. The molecule has 0 aromatic heterocycles. The molecule has 3 N–H and O–H groups in total. The molecule has 1 saturated heterocycles. The van der Waals surface area contributed by atoms with Crippen molar-refractivity contribution in [2.75, 3.05) is 32.7 Å². The Balaban J connectivity index is 1.86. The van der Waals surface area contributed by atoms with E-state index in [9.17, 15) is 9.90 Å². The maximum atomic E-state index is 12.3. The van der Waals surface area contributed by atoms with Gasteiger partial charge in [0.1, 0.15) is 5.75 Å². The molecule has 0 bridgehead atoms. The summed E-state index contributed by atoms with van der Waals surface area (Å²) < 4.78 is 0. The van der Waals surface area contributed by atoms with Gasteiger partial charge in [0.25, 0.3) is 0 Å². The predicted molar refractivity (Wildman–Crippen MR) is 83.1 cm³/mol. The normalized spacial score (nSPS) is 17.7. The number of hydrogen-bond acceptors (Lipinski definition) is 4. The predicted octanol–water partition coefficient (Wildman–Crippen LogP) is 0.816. The number of nitrogens with zero attached hydrogens (tertiary/aromatic N) is 2. The van der Waals surface area contributed by atoms with Crippen LogP contribution < -0.4 is 5.73 Å². The van der Waals surface area contributed by atoms with Crippen molar-refractivity contribution in [3.63, 3.8) is 0 Å². The molecule has 1 aromatic carbocycles. The van der Waals surface area contributed by atoms with E-state index in [0.717, 1.165) is 38.2 Å². The van der Waals surface area contributed by atoms with E-state index in [4.69, 9.17) is 5.73 Å². The summed E-state index contributed by atoms with van der Waals surface area (Å²) >= 11 is 0. The van der Waals surface area contributed by atoms with Crippen LogP contribution in [-0.4, -0.2) is 59.6 Å². The Kier molecular flexibility index (Phi) is 5.59. The van der Waals surface area contributed by atoms with Crippen LogP contribution in [0.15, 0.2) is 24.3 Å². The first-order chi connectivity index (χ1) is 10.1. The van der Waals surface area contributed by atoms with Crippen molar-refractivity contribution in [1.29, 1.82) is 0 Å². The molecule has 21 heavy (non-hydrogen) atoms. The van der Waals surface area contributed by atoms with Crippen LogP contribution in [-0.2, 0) is 11.2 Å². The molecule has 5 heteroatoms. The number of amides is 1. The molecule has 1 aromatic rings. The quantitative estimate of drug-likeness (QED) is 0.842. The van der Waals surface area contributed by atoms with Gasteiger partial charge in [-0.1, -0.05) is 19.1 Å². The smallest absolute Gasteiger partial charge is 0.227 e. The molecular weight excluding hydrogens is 266 g/mol. The molecule has 1 amide bonds. The molecule has 0 radical (unpaired) electrons. The van der Waals surface area contributed by atoms with E-state index in [0.29, 0.717) is 19.0 Å². The maximum Gasteiger partial charge on any atom is 0.227 e. The van der Waals surface area contributed by atoms with Gasteiger partial charge in [0.05, 0.1) is 6.42 Å². The van der Waals surface area contributed by atoms with Crippen molar-refractivity contribution in [1.82, 2.24) is 9.80 Å². The molecule has 1 atom stereocenters. The summed E-state index contributed by atoms with van der Waals surface area (Å²) in [4.78, 5) is 16.6. The number of carbonyl (C=O) groups is 1. The zero-order valence-corrected chi connectivity index (χ0v) is 12.7. The minimum absolute atomic E-state index is 0.126. The zero-order valence-electron chi connectivity index (χ0n) is 12.7. The highest BCUT2D eigenvalue weighted by Gasteiger charge is 2.24. The lowest BCUT2D eigenvalue weighted by Gasteiger charge is -2.38. The fraction of sp³-hybridized carbons (Fsp3) is 0.562. The Hall–Kier alpha value is -1.59. The number of benzene rings is 1. The lowest BCUT2D eigenvalue weighted by atomic mass is 10.1. The van der Waals surface area contributed by atoms with E-state index >= 15 is 0 Å². The fourth-order valence-electron chi connectivity index (χ4n) is 2.86. The Morgan fingerprint density at radius 1 is 1.33 bits per heavy atom. The Morgan fingerprint density at radius 3 is 2.62 bits per heavy atom. The third-order valence-electron chi connectivity index (χ3n) is 4.19. The molecular formula is C16H25N3O2. The van der Waals surface area contributed by atoms with Crippen LogP contribution in [0, 0.1) is 0 Å². The van der Waals surface area contributed by atoms with Crippen LogP contribution in [0.4, 0.5) is 0 Å². The Labute approximate surface area is 126 Å². The van der Waals surface area contributed by atoms with Gasteiger partial charge in [-0.05, 0) is 24.1 Å². The number of nitrogens with two attached hydrogens (primary N) is 1. The Bertz CT molecular complexity index is 466. The number of aromatic hydroxyl groups is 1. The summed E-state index contributed by atoms with van der Waals surface area (Å²) in [7, 11) is 0. The van der Waals surface area contributed by atoms with Crippen molar-refractivity contribution in [3.8, 4) is 5.75 Å². The molecule has 1 fully saturated rings. The van der Waals surface area contributed by atoms with Gasteiger partial charge in [-0.2, -0.15) is 0 Å². The van der Waals surface area contributed by atoms with Crippen LogP contribution in [0.2, 0.25) is 0 Å². The first-order valence-electron chi connectivity index (χ1n) is 7.63. The van der Waals surface area contributed by atoms with Gasteiger partial charge < -0.3 is 15.7 Å². The fourth-order valence-corrected chi connectivity index (χ4v) is 2.86. The number of phenols is 1. The van der Waals surface area contributed by atoms with Gasteiger partial charge in [0.2, 0.25) is 5.91 Å². The SMILES string of the molecule is CCC(CN)N1CCN(C(=O)Cc2cccc(O)c2)CC1. The summed E-state index contributed by atoms with van der Waals surface area (Å²) in [5.74, 6) is 0.333. The summed E-state index contributed by atoms with van der Waals surface area (Å²) in [6.07, 6.45) is 1.40. The summed E-state index contributed by atoms with van der Waals surface area (Å²) in [6, 6.07) is 7.33. The van der Waals surface area contributed by atoms with Gasteiger partial charge >= 0.3 is 0 Å². The van der Waals surface area contributed by atoms with Crippen LogP contribution in [0.25, 0.3) is 0 Å². The van der Waals surface area contributed by atoms with Gasteiger partial charge in [-0.3, -0.25) is 9.69 Å². The minimum atomic E-state index is 0.126. The summed E-state index contributed by atoms with van der Waals surface area (Å²) in [5.41, 5.74) is 6.64. The van der Waals surface area contributed by atoms with Crippen molar-refractivity contribution < 1.29 is 9.90 Å². The topological polar surface area (TPSA) is 69.8 Å². The number of hydrogen-bond donors (Lipinski definition) is 2. The van der Waals surface area contributed by atoms with Gasteiger partial charge in [0, 0.05) is 38.8 Å². The number of carbonyl (C=O) groups excluding carboxylic acids is 1. The van der Waals surface area contributed by atoms with Crippen LogP contribution in [0.3, 0.4) is 0 Å². The third kappa shape index (κ3) is 4.19. The highest BCUT2D eigenvalue weighted by atomic mass is 16.3. The summed E-state index contributed by atoms with van der Waals surface area (Å²) in [6.45, 7) is 6.12. The third-order valence-corrected chi connectivity index (χ3v) is 4.19. The molecule has 1 aliphatic heterocycles. The van der Waals surface area contributed by atoms with Crippen molar-refractivity contribution in [3.05, 3.63) is 29.8 Å². The molecule has 5 nitrogen and oxygen atoms in total. The van der Waals surface area contributed by atoms with Crippen molar-refractivity contribution in [2.45, 2.75) is 25.8 Å². The number of rotatable bonds is 5. The van der Waals surface area contributed by atoms with Crippen LogP contribution >= 0.6 is 0 Å². The second-order valence-corrected chi connectivity index (χ2v) is 5.56. The second-order valence-electron chi connectivity index (χ2n) is 5.56. The Morgan fingerprint density at radius 2 is 2.05 bits per heavy atom. The van der Waals surface area contributed by atoms with Gasteiger partial charge in [-0.15, -0.1) is 0 Å². The molecule has 116 valence electrons. The average molecular weight is 291 g/mol. The molecule has 0 spiro atoms. The van der Waals surface area contributed by atoms with E-state index in [1.165, 1.54) is 0 Å². The minimum Gasteiger partial charge on any atom is -0.508 e. The standard InChI is InChI=1S/C16H25N3O2/c1-2-14(12-17)18-6-8-19(9-7-18)16(21)11-13-4-3-5-15(20)10-13/h3-5,10,14,20H,2,6-9,11-12,17H2,1H3. The molecule has 1 heterocycles. The van der Waals surface area contributed by atoms with E-state index < -0.39 is 0 Å². The zero-order chi connectivity index (χ0) is 15.2. The van der Waals surface area contributed by atoms with Crippen LogP contribution in [0.5, 0.6) is 5.75 Å². The lowest BCUT2D eigenvalue weighted by Crippen LogP contribution is -2.53. The largest absolute Gasteiger partial charge is 0.508 e.